The molecule has 1 aromatic rings. The summed E-state index contributed by atoms with van der Waals surface area (Å²) < 4.78 is 13.2. The lowest BCUT2D eigenvalue weighted by Crippen LogP contribution is -2.36. The van der Waals surface area contributed by atoms with E-state index in [1.54, 1.807) is 0 Å². The van der Waals surface area contributed by atoms with Gasteiger partial charge in [-0.15, -0.1) is 0 Å². The summed E-state index contributed by atoms with van der Waals surface area (Å²) in [5, 5.41) is 9.74. The molecule has 1 heterocycles. The number of aromatic hydroxyl groups is 1. The summed E-state index contributed by atoms with van der Waals surface area (Å²) in [6.07, 6.45) is 2.35. The van der Waals surface area contributed by atoms with Gasteiger partial charge in [0.05, 0.1) is 0 Å². The summed E-state index contributed by atoms with van der Waals surface area (Å²) >= 11 is 0. The minimum atomic E-state index is -0.282. The Kier molecular flexibility index (Phi) is 4.77. The zero-order valence-electron chi connectivity index (χ0n) is 11.8. The molecule has 0 radical (unpaired) electrons. The van der Waals surface area contributed by atoms with Crippen molar-refractivity contribution in [2.75, 3.05) is 33.7 Å². The van der Waals surface area contributed by atoms with Crippen molar-refractivity contribution in [2.24, 2.45) is 5.92 Å². The molecule has 3 nitrogen and oxygen atoms in total. The molecule has 1 aromatic carbocycles. The number of phenolic OH excluding ortho intramolecular Hbond substituents is 1. The topological polar surface area (TPSA) is 26.7 Å². The highest BCUT2D eigenvalue weighted by molar-refractivity contribution is 5.32. The molecule has 1 aliphatic rings. The Labute approximate surface area is 114 Å². The highest BCUT2D eigenvalue weighted by Gasteiger charge is 2.20. The van der Waals surface area contributed by atoms with Crippen LogP contribution in [-0.2, 0) is 6.54 Å². The lowest BCUT2D eigenvalue weighted by molar-refractivity contribution is 0.156. The Morgan fingerprint density at radius 2 is 2.00 bits per heavy atom. The van der Waals surface area contributed by atoms with Crippen molar-refractivity contribution in [2.45, 2.75) is 19.4 Å². The molecule has 19 heavy (non-hydrogen) atoms. The van der Waals surface area contributed by atoms with Crippen LogP contribution in [-0.4, -0.2) is 48.6 Å². The minimum Gasteiger partial charge on any atom is -0.508 e. The third-order valence-corrected chi connectivity index (χ3v) is 3.77. The fourth-order valence-corrected chi connectivity index (χ4v) is 2.77. The van der Waals surface area contributed by atoms with Crippen LogP contribution in [0.3, 0.4) is 0 Å². The molecule has 0 amide bonds. The van der Waals surface area contributed by atoms with E-state index in [-0.39, 0.29) is 11.6 Å². The van der Waals surface area contributed by atoms with Crippen LogP contribution < -0.4 is 0 Å². The van der Waals surface area contributed by atoms with Crippen LogP contribution in [0.4, 0.5) is 4.39 Å². The van der Waals surface area contributed by atoms with Gasteiger partial charge in [-0.25, -0.2) is 4.39 Å². The van der Waals surface area contributed by atoms with Gasteiger partial charge >= 0.3 is 0 Å². The SMILES string of the molecule is CN(C)CC1CCN(Cc2cc(F)ccc2O)CC1. The van der Waals surface area contributed by atoms with Gasteiger partial charge in [0.25, 0.3) is 0 Å². The Morgan fingerprint density at radius 3 is 2.63 bits per heavy atom. The summed E-state index contributed by atoms with van der Waals surface area (Å²) in [5.74, 6) is 0.666. The van der Waals surface area contributed by atoms with Crippen LogP contribution in [0, 0.1) is 11.7 Å². The molecule has 0 aliphatic carbocycles. The number of phenols is 1. The second-order valence-corrected chi connectivity index (χ2v) is 5.75. The first kappa shape index (κ1) is 14.3. The number of halogens is 1. The molecular formula is C15H23FN2O. The first-order valence-corrected chi connectivity index (χ1v) is 6.89. The lowest BCUT2D eigenvalue weighted by Gasteiger charge is -2.33. The van der Waals surface area contributed by atoms with Gasteiger partial charge in [0.15, 0.2) is 0 Å². The Balaban J connectivity index is 1.87. The van der Waals surface area contributed by atoms with E-state index in [1.165, 1.54) is 31.0 Å². The zero-order chi connectivity index (χ0) is 13.8. The normalized spacial score (nSPS) is 18.1. The summed E-state index contributed by atoms with van der Waals surface area (Å²) in [4.78, 5) is 4.53. The average Bonchev–Trinajstić information content (AvgIpc) is 2.35. The van der Waals surface area contributed by atoms with Crippen molar-refractivity contribution in [3.8, 4) is 5.75 Å². The molecule has 0 bridgehead atoms. The molecule has 0 unspecified atom stereocenters. The molecule has 4 heteroatoms. The van der Waals surface area contributed by atoms with Gasteiger partial charge in [0.1, 0.15) is 11.6 Å². The number of hydrogen-bond donors (Lipinski definition) is 1. The predicted octanol–water partition coefficient (Wildman–Crippen LogP) is 2.30. The number of benzene rings is 1. The molecule has 0 saturated carbocycles. The maximum absolute atomic E-state index is 13.2. The van der Waals surface area contributed by atoms with E-state index >= 15 is 0 Å². The molecular weight excluding hydrogens is 243 g/mol. The molecule has 1 N–H and O–H groups in total. The predicted molar refractivity (Wildman–Crippen MR) is 74.6 cm³/mol. The van der Waals surface area contributed by atoms with E-state index in [0.29, 0.717) is 12.1 Å². The third kappa shape index (κ3) is 4.18. The maximum Gasteiger partial charge on any atom is 0.123 e. The van der Waals surface area contributed by atoms with Crippen LogP contribution in [0.2, 0.25) is 0 Å². The minimum absolute atomic E-state index is 0.191. The van der Waals surface area contributed by atoms with Gasteiger partial charge in [0.2, 0.25) is 0 Å². The fourth-order valence-electron chi connectivity index (χ4n) is 2.77. The van der Waals surface area contributed by atoms with Crippen LogP contribution in [0.15, 0.2) is 18.2 Å². The first-order chi connectivity index (χ1) is 9.04. The Bertz CT molecular complexity index is 415. The van der Waals surface area contributed by atoms with Gasteiger partial charge in [-0.3, -0.25) is 4.90 Å². The second-order valence-electron chi connectivity index (χ2n) is 5.75. The van der Waals surface area contributed by atoms with Gasteiger partial charge in [-0.05, 0) is 64.1 Å². The van der Waals surface area contributed by atoms with E-state index in [4.69, 9.17) is 0 Å². The number of hydrogen-bond acceptors (Lipinski definition) is 3. The van der Waals surface area contributed by atoms with E-state index < -0.39 is 0 Å². The summed E-state index contributed by atoms with van der Waals surface area (Å²) in [6, 6.07) is 4.16. The molecule has 1 saturated heterocycles. The van der Waals surface area contributed by atoms with Crippen molar-refractivity contribution >= 4 is 0 Å². The van der Waals surface area contributed by atoms with Crippen molar-refractivity contribution in [1.29, 1.82) is 0 Å². The number of nitrogens with zero attached hydrogens (tertiary/aromatic N) is 2. The highest BCUT2D eigenvalue weighted by atomic mass is 19.1. The average molecular weight is 266 g/mol. The van der Waals surface area contributed by atoms with E-state index in [2.05, 4.69) is 23.9 Å². The van der Waals surface area contributed by atoms with Gasteiger partial charge in [-0.2, -0.15) is 0 Å². The van der Waals surface area contributed by atoms with E-state index in [9.17, 15) is 9.50 Å². The van der Waals surface area contributed by atoms with Crippen LogP contribution in [0.25, 0.3) is 0 Å². The van der Waals surface area contributed by atoms with Crippen molar-refractivity contribution in [1.82, 2.24) is 9.80 Å². The smallest absolute Gasteiger partial charge is 0.123 e. The number of piperidine rings is 1. The molecule has 1 aliphatic heterocycles. The van der Waals surface area contributed by atoms with E-state index in [0.717, 1.165) is 25.6 Å². The largest absolute Gasteiger partial charge is 0.508 e. The quantitative estimate of drug-likeness (QED) is 0.906. The fraction of sp³-hybridized carbons (Fsp3) is 0.600. The monoisotopic (exact) mass is 266 g/mol. The molecule has 0 spiro atoms. The van der Waals surface area contributed by atoms with Gasteiger partial charge in [-0.1, -0.05) is 0 Å². The van der Waals surface area contributed by atoms with Crippen molar-refractivity contribution < 1.29 is 9.50 Å². The molecule has 0 atom stereocenters. The van der Waals surface area contributed by atoms with Crippen LogP contribution in [0.1, 0.15) is 18.4 Å². The number of rotatable bonds is 4. The molecule has 106 valence electrons. The number of likely N-dealkylation sites (tertiary alicyclic amines) is 1. The zero-order valence-corrected chi connectivity index (χ0v) is 11.8. The highest BCUT2D eigenvalue weighted by Crippen LogP contribution is 2.23. The summed E-state index contributed by atoms with van der Waals surface area (Å²) in [5.41, 5.74) is 0.686. The van der Waals surface area contributed by atoms with Gasteiger partial charge < -0.3 is 10.0 Å². The standard InChI is InChI=1S/C15H23FN2O/c1-17(2)10-12-5-7-18(8-6-12)11-13-9-14(16)3-4-15(13)19/h3-4,9,12,19H,5-8,10-11H2,1-2H3. The van der Waals surface area contributed by atoms with Crippen LogP contribution in [0.5, 0.6) is 5.75 Å². The maximum atomic E-state index is 13.2. The van der Waals surface area contributed by atoms with E-state index in [1.807, 2.05) is 0 Å². The van der Waals surface area contributed by atoms with Crippen LogP contribution >= 0.6 is 0 Å². The molecule has 1 fully saturated rings. The Morgan fingerprint density at radius 1 is 1.32 bits per heavy atom. The Hall–Kier alpha value is -1.13. The lowest BCUT2D eigenvalue weighted by atomic mass is 9.96. The first-order valence-electron chi connectivity index (χ1n) is 6.89. The van der Waals surface area contributed by atoms with Crippen molar-refractivity contribution in [3.05, 3.63) is 29.6 Å². The summed E-state index contributed by atoms with van der Waals surface area (Å²) in [7, 11) is 4.22. The molecule has 0 aromatic heterocycles. The molecule has 2 rings (SSSR count). The van der Waals surface area contributed by atoms with Gasteiger partial charge in [0, 0.05) is 18.7 Å². The van der Waals surface area contributed by atoms with Crippen molar-refractivity contribution in [3.63, 3.8) is 0 Å². The summed E-state index contributed by atoms with van der Waals surface area (Å²) in [6.45, 7) is 3.82. The third-order valence-electron chi connectivity index (χ3n) is 3.77. The second kappa shape index (κ2) is 6.35.